The van der Waals surface area contributed by atoms with Crippen LogP contribution in [0.25, 0.3) is 0 Å². The zero-order valence-corrected chi connectivity index (χ0v) is 7.04. The van der Waals surface area contributed by atoms with E-state index in [1.54, 1.807) is 0 Å². The van der Waals surface area contributed by atoms with Crippen LogP contribution in [0.2, 0.25) is 0 Å². The van der Waals surface area contributed by atoms with E-state index >= 15 is 0 Å². The standard InChI is InChI=1S/C9H13O3/c10-6-4-2-1-3-5-9-11-7-8-12-9/h9H,3-8H2. The van der Waals surface area contributed by atoms with Gasteiger partial charge in [-0.05, 0) is 0 Å². The van der Waals surface area contributed by atoms with Crippen LogP contribution >= 0.6 is 0 Å². The third kappa shape index (κ3) is 3.72. The molecule has 67 valence electrons. The highest BCUT2D eigenvalue weighted by molar-refractivity contribution is 4.98. The number of rotatable bonds is 3. The Morgan fingerprint density at radius 1 is 1.17 bits per heavy atom. The highest BCUT2D eigenvalue weighted by atomic mass is 16.7. The van der Waals surface area contributed by atoms with Gasteiger partial charge in [0, 0.05) is 19.3 Å². The average Bonchev–Trinajstić information content (AvgIpc) is 2.57. The van der Waals surface area contributed by atoms with Crippen molar-refractivity contribution < 1.29 is 14.6 Å². The van der Waals surface area contributed by atoms with Crippen LogP contribution in [0.3, 0.4) is 0 Å². The molecule has 12 heavy (non-hydrogen) atoms. The van der Waals surface area contributed by atoms with Crippen molar-refractivity contribution in [2.24, 2.45) is 0 Å². The molecule has 0 amide bonds. The normalized spacial score (nSPS) is 17.4. The summed E-state index contributed by atoms with van der Waals surface area (Å²) in [6, 6.07) is 0. The Bertz CT molecular complexity index is 162. The van der Waals surface area contributed by atoms with Crippen LogP contribution in [0.15, 0.2) is 0 Å². The van der Waals surface area contributed by atoms with E-state index in [9.17, 15) is 5.11 Å². The molecule has 1 heterocycles. The lowest BCUT2D eigenvalue weighted by Gasteiger charge is -2.04. The molecule has 0 aromatic carbocycles. The summed E-state index contributed by atoms with van der Waals surface area (Å²) < 4.78 is 10.4. The molecular formula is C9H13O3. The average molecular weight is 169 g/mol. The fourth-order valence-electron chi connectivity index (χ4n) is 0.992. The first-order chi connectivity index (χ1) is 5.93. The van der Waals surface area contributed by atoms with Gasteiger partial charge in [0.15, 0.2) is 6.29 Å². The topological polar surface area (TPSA) is 38.4 Å². The largest absolute Gasteiger partial charge is 0.350 e. The van der Waals surface area contributed by atoms with Gasteiger partial charge in [-0.3, -0.25) is 0 Å². The van der Waals surface area contributed by atoms with Crippen molar-refractivity contribution in [3.63, 3.8) is 0 Å². The predicted octanol–water partition coefficient (Wildman–Crippen LogP) is 0.964. The minimum atomic E-state index is -0.108. The molecule has 0 aliphatic carbocycles. The van der Waals surface area contributed by atoms with Crippen molar-refractivity contribution in [1.82, 2.24) is 0 Å². The summed E-state index contributed by atoms with van der Waals surface area (Å²) in [5.41, 5.74) is 0. The molecular weight excluding hydrogens is 156 g/mol. The van der Waals surface area contributed by atoms with Crippen LogP contribution in [-0.2, 0) is 14.6 Å². The Labute approximate surface area is 72.7 Å². The molecule has 0 aromatic heterocycles. The summed E-state index contributed by atoms with van der Waals surface area (Å²) in [5.74, 6) is 5.69. The predicted molar refractivity (Wildman–Crippen MR) is 42.9 cm³/mol. The van der Waals surface area contributed by atoms with Gasteiger partial charge in [0.25, 0.3) is 0 Å². The lowest BCUT2D eigenvalue weighted by molar-refractivity contribution is -0.0454. The fourth-order valence-corrected chi connectivity index (χ4v) is 0.992. The molecule has 0 bridgehead atoms. The first kappa shape index (κ1) is 9.53. The van der Waals surface area contributed by atoms with Crippen LogP contribution in [0.5, 0.6) is 0 Å². The van der Waals surface area contributed by atoms with E-state index in [0.717, 1.165) is 12.8 Å². The molecule has 0 N–H and O–H groups in total. The Morgan fingerprint density at radius 2 is 1.83 bits per heavy atom. The number of ether oxygens (including phenoxy) is 2. The highest BCUT2D eigenvalue weighted by Crippen LogP contribution is 2.08. The second kappa shape index (κ2) is 6.01. The van der Waals surface area contributed by atoms with Gasteiger partial charge in [0.1, 0.15) is 0 Å². The van der Waals surface area contributed by atoms with E-state index in [0.29, 0.717) is 19.6 Å². The van der Waals surface area contributed by atoms with Crippen LogP contribution in [0, 0.1) is 11.8 Å². The zero-order valence-electron chi connectivity index (χ0n) is 7.04. The zero-order chi connectivity index (χ0) is 8.65. The third-order valence-electron chi connectivity index (χ3n) is 1.55. The minimum absolute atomic E-state index is 0.0634. The first-order valence-corrected chi connectivity index (χ1v) is 4.20. The Kier molecular flexibility index (Phi) is 4.77. The summed E-state index contributed by atoms with van der Waals surface area (Å²) in [6.07, 6.45) is 1.95. The van der Waals surface area contributed by atoms with Gasteiger partial charge in [-0.1, -0.05) is 0 Å². The van der Waals surface area contributed by atoms with Crippen molar-refractivity contribution in [3.05, 3.63) is 0 Å². The van der Waals surface area contributed by atoms with E-state index in [1.807, 2.05) is 0 Å². The molecule has 1 rings (SSSR count). The van der Waals surface area contributed by atoms with Gasteiger partial charge in [-0.25, -0.2) is 5.11 Å². The van der Waals surface area contributed by atoms with Gasteiger partial charge >= 0.3 is 0 Å². The van der Waals surface area contributed by atoms with Crippen molar-refractivity contribution in [2.75, 3.05) is 19.8 Å². The van der Waals surface area contributed by atoms with Gasteiger partial charge in [0.2, 0.25) is 0 Å². The molecule has 0 unspecified atom stereocenters. The molecule has 0 atom stereocenters. The van der Waals surface area contributed by atoms with E-state index in [2.05, 4.69) is 11.8 Å². The monoisotopic (exact) mass is 169 g/mol. The molecule has 3 heteroatoms. The minimum Gasteiger partial charge on any atom is -0.350 e. The molecule has 0 saturated carbocycles. The fraction of sp³-hybridized carbons (Fsp3) is 0.778. The second-order valence-electron chi connectivity index (χ2n) is 2.52. The van der Waals surface area contributed by atoms with Gasteiger partial charge in [-0.2, -0.15) is 0 Å². The Hall–Kier alpha value is -0.560. The molecule has 0 aromatic rings. The van der Waals surface area contributed by atoms with E-state index in [1.165, 1.54) is 0 Å². The summed E-state index contributed by atoms with van der Waals surface area (Å²) in [4.78, 5) is 0. The lowest BCUT2D eigenvalue weighted by Crippen LogP contribution is -2.05. The number of hydrogen-bond donors (Lipinski definition) is 0. The molecule has 1 fully saturated rings. The highest BCUT2D eigenvalue weighted by Gasteiger charge is 2.13. The van der Waals surface area contributed by atoms with Gasteiger partial charge < -0.3 is 9.47 Å². The summed E-state index contributed by atoms with van der Waals surface area (Å²) in [6.45, 7) is 1.28. The maximum absolute atomic E-state index is 10.00. The summed E-state index contributed by atoms with van der Waals surface area (Å²) in [5, 5.41) is 10.00. The smallest absolute Gasteiger partial charge is 0.158 e. The van der Waals surface area contributed by atoms with E-state index in [-0.39, 0.29) is 12.9 Å². The van der Waals surface area contributed by atoms with Crippen molar-refractivity contribution in [2.45, 2.75) is 25.6 Å². The molecule has 0 spiro atoms. The first-order valence-electron chi connectivity index (χ1n) is 4.20. The quantitative estimate of drug-likeness (QED) is 0.590. The Morgan fingerprint density at radius 3 is 2.50 bits per heavy atom. The molecule has 1 aliphatic rings. The van der Waals surface area contributed by atoms with E-state index in [4.69, 9.17) is 9.47 Å². The maximum atomic E-state index is 10.00. The SMILES string of the molecule is [O]CCC#CCCC1OCCO1. The lowest BCUT2D eigenvalue weighted by atomic mass is 10.3. The molecule has 3 nitrogen and oxygen atoms in total. The van der Waals surface area contributed by atoms with Gasteiger partial charge in [0.05, 0.1) is 19.8 Å². The van der Waals surface area contributed by atoms with Crippen molar-refractivity contribution in [3.8, 4) is 11.8 Å². The second-order valence-corrected chi connectivity index (χ2v) is 2.52. The van der Waals surface area contributed by atoms with Crippen LogP contribution in [0.4, 0.5) is 0 Å². The van der Waals surface area contributed by atoms with Crippen LogP contribution < -0.4 is 0 Å². The summed E-state index contributed by atoms with van der Waals surface area (Å²) in [7, 11) is 0. The molecule has 1 aliphatic heterocycles. The maximum Gasteiger partial charge on any atom is 0.158 e. The van der Waals surface area contributed by atoms with Crippen molar-refractivity contribution in [1.29, 1.82) is 0 Å². The van der Waals surface area contributed by atoms with Crippen LogP contribution in [-0.4, -0.2) is 26.1 Å². The van der Waals surface area contributed by atoms with Gasteiger partial charge in [-0.15, -0.1) is 11.8 Å². The Balaban J connectivity index is 1.98. The van der Waals surface area contributed by atoms with E-state index < -0.39 is 0 Å². The van der Waals surface area contributed by atoms with Crippen LogP contribution in [0.1, 0.15) is 19.3 Å². The van der Waals surface area contributed by atoms with Crippen molar-refractivity contribution >= 4 is 0 Å². The summed E-state index contributed by atoms with van der Waals surface area (Å²) >= 11 is 0. The molecule has 1 radical (unpaired) electrons. The molecule has 1 saturated heterocycles. The number of hydrogen-bond acceptors (Lipinski definition) is 2. The third-order valence-corrected chi connectivity index (χ3v) is 1.55.